The number of amides is 2. The van der Waals surface area contributed by atoms with Crippen LogP contribution in [0.2, 0.25) is 0 Å². The SMILES string of the molecule is CCC(CCO)NC(=O)NCC(C)Cn1ccnc1C. The molecule has 0 saturated heterocycles. The van der Waals surface area contributed by atoms with E-state index in [2.05, 4.69) is 27.1 Å². The number of rotatable bonds is 8. The Bertz CT molecular complexity index is 406. The molecule has 1 heterocycles. The van der Waals surface area contributed by atoms with E-state index >= 15 is 0 Å². The van der Waals surface area contributed by atoms with Crippen LogP contribution in [-0.2, 0) is 6.54 Å². The molecule has 0 spiro atoms. The van der Waals surface area contributed by atoms with Gasteiger partial charge in [0.15, 0.2) is 0 Å². The lowest BCUT2D eigenvalue weighted by atomic mass is 10.1. The van der Waals surface area contributed by atoms with E-state index in [1.54, 1.807) is 6.20 Å². The van der Waals surface area contributed by atoms with Crippen LogP contribution < -0.4 is 10.6 Å². The summed E-state index contributed by atoms with van der Waals surface area (Å²) in [6.45, 7) is 7.58. The molecule has 2 amide bonds. The molecule has 2 unspecified atom stereocenters. The number of hydrogen-bond donors (Lipinski definition) is 3. The van der Waals surface area contributed by atoms with Crippen molar-refractivity contribution < 1.29 is 9.90 Å². The number of aryl methyl sites for hydroxylation is 1. The van der Waals surface area contributed by atoms with Crippen LogP contribution in [0.25, 0.3) is 0 Å². The molecule has 0 fully saturated rings. The molecule has 2 atom stereocenters. The molecule has 1 aromatic rings. The molecule has 0 radical (unpaired) electrons. The molecule has 0 aliphatic carbocycles. The van der Waals surface area contributed by atoms with Crippen LogP contribution in [0.15, 0.2) is 12.4 Å². The molecule has 0 aliphatic rings. The topological polar surface area (TPSA) is 79.2 Å². The van der Waals surface area contributed by atoms with Crippen LogP contribution in [0.5, 0.6) is 0 Å². The van der Waals surface area contributed by atoms with Gasteiger partial charge in [-0.05, 0) is 25.7 Å². The molecule has 6 nitrogen and oxygen atoms in total. The Morgan fingerprint density at radius 2 is 2.30 bits per heavy atom. The number of aliphatic hydroxyl groups is 1. The van der Waals surface area contributed by atoms with Gasteiger partial charge in [0.05, 0.1) is 0 Å². The minimum Gasteiger partial charge on any atom is -0.396 e. The van der Waals surface area contributed by atoms with Gasteiger partial charge in [-0.3, -0.25) is 0 Å². The van der Waals surface area contributed by atoms with Crippen LogP contribution in [-0.4, -0.2) is 39.9 Å². The fourth-order valence-corrected chi connectivity index (χ4v) is 2.03. The summed E-state index contributed by atoms with van der Waals surface area (Å²) in [6.07, 6.45) is 5.13. The fourth-order valence-electron chi connectivity index (χ4n) is 2.03. The van der Waals surface area contributed by atoms with E-state index in [1.807, 2.05) is 20.0 Å². The van der Waals surface area contributed by atoms with Crippen molar-refractivity contribution in [3.8, 4) is 0 Å². The highest BCUT2D eigenvalue weighted by molar-refractivity contribution is 5.74. The summed E-state index contributed by atoms with van der Waals surface area (Å²) >= 11 is 0. The summed E-state index contributed by atoms with van der Waals surface area (Å²) in [5.74, 6) is 1.31. The normalized spacial score (nSPS) is 13.8. The molecule has 0 aliphatic heterocycles. The fraction of sp³-hybridized carbons (Fsp3) is 0.714. The van der Waals surface area contributed by atoms with E-state index in [-0.39, 0.29) is 18.7 Å². The zero-order chi connectivity index (χ0) is 15.0. The minimum atomic E-state index is -0.167. The Labute approximate surface area is 120 Å². The van der Waals surface area contributed by atoms with Crippen molar-refractivity contribution in [2.75, 3.05) is 13.2 Å². The van der Waals surface area contributed by atoms with E-state index in [1.165, 1.54) is 0 Å². The third kappa shape index (κ3) is 5.61. The lowest BCUT2D eigenvalue weighted by Gasteiger charge is -2.18. The Balaban J connectivity index is 2.28. The number of nitrogens with one attached hydrogen (secondary N) is 2. The summed E-state index contributed by atoms with van der Waals surface area (Å²) in [4.78, 5) is 15.9. The highest BCUT2D eigenvalue weighted by Crippen LogP contribution is 2.03. The zero-order valence-corrected chi connectivity index (χ0v) is 12.6. The Morgan fingerprint density at radius 3 is 2.85 bits per heavy atom. The molecule has 1 rings (SSSR count). The van der Waals surface area contributed by atoms with Gasteiger partial charge in [-0.15, -0.1) is 0 Å². The van der Waals surface area contributed by atoms with Crippen LogP contribution in [0.3, 0.4) is 0 Å². The summed E-state index contributed by atoms with van der Waals surface area (Å²) in [5, 5.41) is 14.6. The first-order valence-corrected chi connectivity index (χ1v) is 7.19. The summed E-state index contributed by atoms with van der Waals surface area (Å²) < 4.78 is 2.07. The average Bonchev–Trinajstić information content (AvgIpc) is 2.81. The lowest BCUT2D eigenvalue weighted by molar-refractivity contribution is 0.226. The van der Waals surface area contributed by atoms with Crippen molar-refractivity contribution in [3.05, 3.63) is 18.2 Å². The second-order valence-corrected chi connectivity index (χ2v) is 5.20. The molecule has 20 heavy (non-hydrogen) atoms. The molecule has 0 aromatic carbocycles. The maximum absolute atomic E-state index is 11.7. The first-order chi connectivity index (χ1) is 9.56. The van der Waals surface area contributed by atoms with Gasteiger partial charge in [0.25, 0.3) is 0 Å². The second kappa shape index (κ2) is 8.58. The van der Waals surface area contributed by atoms with Crippen LogP contribution in [0.4, 0.5) is 4.79 Å². The van der Waals surface area contributed by atoms with Crippen LogP contribution >= 0.6 is 0 Å². The minimum absolute atomic E-state index is 0.0335. The van der Waals surface area contributed by atoms with Crippen molar-refractivity contribution in [2.45, 2.75) is 46.2 Å². The van der Waals surface area contributed by atoms with Crippen molar-refractivity contribution in [1.82, 2.24) is 20.2 Å². The third-order valence-corrected chi connectivity index (χ3v) is 3.35. The van der Waals surface area contributed by atoms with Crippen molar-refractivity contribution in [3.63, 3.8) is 0 Å². The number of carbonyl (C=O) groups excluding carboxylic acids is 1. The third-order valence-electron chi connectivity index (χ3n) is 3.35. The first-order valence-electron chi connectivity index (χ1n) is 7.19. The van der Waals surface area contributed by atoms with Gasteiger partial charge in [0.1, 0.15) is 5.82 Å². The predicted molar refractivity (Wildman–Crippen MR) is 78.4 cm³/mol. The van der Waals surface area contributed by atoms with Crippen LogP contribution in [0, 0.1) is 12.8 Å². The quantitative estimate of drug-likeness (QED) is 0.672. The Hall–Kier alpha value is -1.56. The number of nitrogens with zero attached hydrogens (tertiary/aromatic N) is 2. The lowest BCUT2D eigenvalue weighted by Crippen LogP contribution is -2.43. The standard InChI is InChI=1S/C14H26N4O2/c1-4-13(5-8-19)17-14(20)16-9-11(2)10-18-7-6-15-12(18)3/h6-7,11,13,19H,4-5,8-10H2,1-3H3,(H2,16,17,20). The van der Waals surface area contributed by atoms with E-state index in [0.717, 1.165) is 18.8 Å². The molecule has 114 valence electrons. The summed E-state index contributed by atoms with van der Waals surface area (Å²) in [7, 11) is 0. The Morgan fingerprint density at radius 1 is 1.55 bits per heavy atom. The van der Waals surface area contributed by atoms with Gasteiger partial charge in [0.2, 0.25) is 0 Å². The van der Waals surface area contributed by atoms with Crippen molar-refractivity contribution in [1.29, 1.82) is 0 Å². The monoisotopic (exact) mass is 282 g/mol. The molecule has 1 aromatic heterocycles. The van der Waals surface area contributed by atoms with E-state index in [9.17, 15) is 4.79 Å². The van der Waals surface area contributed by atoms with Gasteiger partial charge in [-0.2, -0.15) is 0 Å². The molecule has 0 bridgehead atoms. The average molecular weight is 282 g/mol. The van der Waals surface area contributed by atoms with Gasteiger partial charge < -0.3 is 20.3 Å². The second-order valence-electron chi connectivity index (χ2n) is 5.20. The predicted octanol–water partition coefficient (Wildman–Crippen LogP) is 1.29. The van der Waals surface area contributed by atoms with Gasteiger partial charge in [-0.25, -0.2) is 9.78 Å². The molecular weight excluding hydrogens is 256 g/mol. The molecule has 0 saturated carbocycles. The van der Waals surface area contributed by atoms with Crippen molar-refractivity contribution in [2.24, 2.45) is 5.92 Å². The van der Waals surface area contributed by atoms with E-state index in [4.69, 9.17) is 5.11 Å². The highest BCUT2D eigenvalue weighted by Gasteiger charge is 2.11. The van der Waals surface area contributed by atoms with Gasteiger partial charge >= 0.3 is 6.03 Å². The summed E-state index contributed by atoms with van der Waals surface area (Å²) in [6, 6.07) is -0.134. The largest absolute Gasteiger partial charge is 0.396 e. The zero-order valence-electron chi connectivity index (χ0n) is 12.6. The number of urea groups is 1. The van der Waals surface area contributed by atoms with Gasteiger partial charge in [0, 0.05) is 38.1 Å². The number of imidazole rings is 1. The van der Waals surface area contributed by atoms with E-state index < -0.39 is 0 Å². The van der Waals surface area contributed by atoms with Crippen LogP contribution in [0.1, 0.15) is 32.5 Å². The van der Waals surface area contributed by atoms with Crippen molar-refractivity contribution >= 4 is 6.03 Å². The first kappa shape index (κ1) is 16.5. The number of carbonyl (C=O) groups is 1. The smallest absolute Gasteiger partial charge is 0.315 e. The molecule has 3 N–H and O–H groups in total. The Kier molecular flexibility index (Phi) is 7.08. The number of aromatic nitrogens is 2. The van der Waals surface area contributed by atoms with Gasteiger partial charge in [-0.1, -0.05) is 13.8 Å². The van der Waals surface area contributed by atoms with E-state index in [0.29, 0.717) is 18.9 Å². The molecule has 6 heteroatoms. The number of aliphatic hydroxyl groups excluding tert-OH is 1. The maximum atomic E-state index is 11.7. The maximum Gasteiger partial charge on any atom is 0.315 e. The number of hydrogen-bond acceptors (Lipinski definition) is 3. The highest BCUT2D eigenvalue weighted by atomic mass is 16.3. The summed E-state index contributed by atoms with van der Waals surface area (Å²) in [5.41, 5.74) is 0. The molecular formula is C14H26N4O2.